The van der Waals surface area contributed by atoms with Gasteiger partial charge in [0.25, 0.3) is 0 Å². The van der Waals surface area contributed by atoms with Crippen molar-refractivity contribution in [3.05, 3.63) is 47.5 Å². The maximum atomic E-state index is 10.7. The molecule has 1 aromatic rings. The van der Waals surface area contributed by atoms with Crippen LogP contribution in [0.5, 0.6) is 0 Å². The second-order valence-electron chi connectivity index (χ2n) is 3.77. The third-order valence-electron chi connectivity index (χ3n) is 2.77. The summed E-state index contributed by atoms with van der Waals surface area (Å²) in [6, 6.07) is 10.4. The lowest BCUT2D eigenvalue weighted by molar-refractivity contribution is -0.105. The van der Waals surface area contributed by atoms with E-state index in [2.05, 4.69) is 30.3 Å². The first kappa shape index (κ1) is 9.20. The third-order valence-corrected chi connectivity index (χ3v) is 2.77. The van der Waals surface area contributed by atoms with Gasteiger partial charge in [-0.25, -0.2) is 0 Å². The summed E-state index contributed by atoms with van der Waals surface area (Å²) in [4.78, 5) is 10.7. The lowest BCUT2D eigenvalue weighted by atomic mass is 9.86. The van der Waals surface area contributed by atoms with Crippen LogP contribution in [0.4, 0.5) is 0 Å². The van der Waals surface area contributed by atoms with Crippen LogP contribution in [0.25, 0.3) is 0 Å². The number of rotatable bonds is 2. The average Bonchev–Trinajstić information content (AvgIpc) is 2.30. The molecule has 0 saturated heterocycles. The summed E-state index contributed by atoms with van der Waals surface area (Å²) in [6.07, 6.45) is 6.36. The van der Waals surface area contributed by atoms with Gasteiger partial charge in [-0.05, 0) is 30.4 Å². The van der Waals surface area contributed by atoms with E-state index in [4.69, 9.17) is 0 Å². The fourth-order valence-electron chi connectivity index (χ4n) is 2.01. The molecule has 0 saturated carbocycles. The first-order valence-corrected chi connectivity index (χ1v) is 5.11. The molecule has 0 spiro atoms. The molecule has 1 nitrogen and oxygen atoms in total. The predicted molar refractivity (Wildman–Crippen MR) is 57.2 cm³/mol. The van der Waals surface area contributed by atoms with E-state index in [1.165, 1.54) is 12.0 Å². The van der Waals surface area contributed by atoms with Gasteiger partial charge < -0.3 is 0 Å². The number of carbonyl (C=O) groups excluding carboxylic acids is 1. The van der Waals surface area contributed by atoms with Crippen molar-refractivity contribution < 1.29 is 4.79 Å². The van der Waals surface area contributed by atoms with E-state index in [0.29, 0.717) is 5.92 Å². The Hall–Kier alpha value is -1.37. The summed E-state index contributed by atoms with van der Waals surface area (Å²) in [5.74, 6) is 0.449. The minimum atomic E-state index is 0.449. The first-order valence-electron chi connectivity index (χ1n) is 5.11. The molecule has 1 aliphatic rings. The minimum Gasteiger partial charge on any atom is -0.298 e. The Morgan fingerprint density at radius 3 is 2.71 bits per heavy atom. The largest absolute Gasteiger partial charge is 0.298 e. The van der Waals surface area contributed by atoms with Crippen LogP contribution in [0, 0.1) is 0 Å². The molecule has 0 aromatic heterocycles. The highest BCUT2D eigenvalue weighted by Gasteiger charge is 2.14. The fraction of sp³-hybridized carbons (Fsp3) is 0.308. The van der Waals surface area contributed by atoms with Crippen LogP contribution in [0.1, 0.15) is 30.7 Å². The maximum Gasteiger partial charge on any atom is 0.145 e. The van der Waals surface area contributed by atoms with Crippen molar-refractivity contribution >= 4 is 6.29 Å². The van der Waals surface area contributed by atoms with Crippen LogP contribution in [-0.4, -0.2) is 6.29 Å². The molecule has 1 aliphatic carbocycles. The van der Waals surface area contributed by atoms with Gasteiger partial charge >= 0.3 is 0 Å². The Bertz CT molecular complexity index is 338. The van der Waals surface area contributed by atoms with Crippen LogP contribution < -0.4 is 0 Å². The fourth-order valence-corrected chi connectivity index (χ4v) is 2.01. The lowest BCUT2D eigenvalue weighted by Crippen LogP contribution is -2.03. The van der Waals surface area contributed by atoms with E-state index >= 15 is 0 Å². The number of hydrogen-bond donors (Lipinski definition) is 0. The van der Waals surface area contributed by atoms with E-state index in [9.17, 15) is 4.79 Å². The summed E-state index contributed by atoms with van der Waals surface area (Å²) in [7, 11) is 0. The van der Waals surface area contributed by atoms with Crippen molar-refractivity contribution in [2.45, 2.75) is 25.2 Å². The molecule has 0 N–H and O–H groups in total. The molecule has 1 heteroatoms. The normalized spacial score (nSPS) is 21.4. The van der Waals surface area contributed by atoms with Crippen LogP contribution in [0.15, 0.2) is 42.0 Å². The van der Waals surface area contributed by atoms with Crippen LogP contribution in [0.2, 0.25) is 0 Å². The van der Waals surface area contributed by atoms with Crippen molar-refractivity contribution in [2.24, 2.45) is 0 Å². The van der Waals surface area contributed by atoms with Gasteiger partial charge in [-0.3, -0.25) is 4.79 Å². The number of benzene rings is 1. The van der Waals surface area contributed by atoms with Gasteiger partial charge in [0.2, 0.25) is 0 Å². The first-order chi connectivity index (χ1) is 6.90. The van der Waals surface area contributed by atoms with Crippen LogP contribution in [0.3, 0.4) is 0 Å². The van der Waals surface area contributed by atoms with Gasteiger partial charge in [-0.15, -0.1) is 0 Å². The molecule has 0 amide bonds. The summed E-state index contributed by atoms with van der Waals surface area (Å²) >= 11 is 0. The molecule has 0 aliphatic heterocycles. The summed E-state index contributed by atoms with van der Waals surface area (Å²) in [5.41, 5.74) is 2.29. The zero-order chi connectivity index (χ0) is 9.80. The van der Waals surface area contributed by atoms with E-state index in [1.54, 1.807) is 0 Å². The molecule has 1 atom stereocenters. The van der Waals surface area contributed by atoms with Gasteiger partial charge in [0.15, 0.2) is 0 Å². The molecule has 2 rings (SSSR count). The molecular weight excluding hydrogens is 172 g/mol. The minimum absolute atomic E-state index is 0.449. The van der Waals surface area contributed by atoms with Crippen molar-refractivity contribution in [3.63, 3.8) is 0 Å². The quantitative estimate of drug-likeness (QED) is 0.649. The van der Waals surface area contributed by atoms with Crippen molar-refractivity contribution in [1.82, 2.24) is 0 Å². The smallest absolute Gasteiger partial charge is 0.145 e. The Morgan fingerprint density at radius 1 is 1.21 bits per heavy atom. The monoisotopic (exact) mass is 186 g/mol. The molecule has 1 aromatic carbocycles. The molecular formula is C13H14O. The number of hydrogen-bond acceptors (Lipinski definition) is 1. The van der Waals surface area contributed by atoms with E-state index in [-0.39, 0.29) is 0 Å². The molecule has 1 unspecified atom stereocenters. The third kappa shape index (κ3) is 1.92. The molecule has 0 fully saturated rings. The summed E-state index contributed by atoms with van der Waals surface area (Å²) < 4.78 is 0. The molecule has 72 valence electrons. The van der Waals surface area contributed by atoms with Crippen molar-refractivity contribution in [1.29, 1.82) is 0 Å². The standard InChI is InChI=1S/C13H14O/c14-10-11-5-4-8-13(9-11)12-6-2-1-3-7-12/h1-3,6-7,9-10,13H,4-5,8H2. The lowest BCUT2D eigenvalue weighted by Gasteiger charge is -2.18. The Morgan fingerprint density at radius 2 is 2.00 bits per heavy atom. The topological polar surface area (TPSA) is 17.1 Å². The Balaban J connectivity index is 2.23. The van der Waals surface area contributed by atoms with Crippen molar-refractivity contribution in [3.8, 4) is 0 Å². The van der Waals surface area contributed by atoms with Crippen molar-refractivity contribution in [2.75, 3.05) is 0 Å². The maximum absolute atomic E-state index is 10.7. The Labute approximate surface area is 84.5 Å². The highest BCUT2D eigenvalue weighted by atomic mass is 16.1. The summed E-state index contributed by atoms with van der Waals surface area (Å²) in [5, 5.41) is 0. The predicted octanol–water partition coefficient (Wildman–Crippen LogP) is 3.08. The van der Waals surface area contributed by atoms with Gasteiger partial charge in [0.1, 0.15) is 6.29 Å². The zero-order valence-electron chi connectivity index (χ0n) is 8.15. The highest BCUT2D eigenvalue weighted by Crippen LogP contribution is 2.29. The van der Waals surface area contributed by atoms with Gasteiger partial charge in [-0.1, -0.05) is 36.4 Å². The van der Waals surface area contributed by atoms with Gasteiger partial charge in [0, 0.05) is 5.92 Å². The summed E-state index contributed by atoms with van der Waals surface area (Å²) in [6.45, 7) is 0. The Kier molecular flexibility index (Phi) is 2.78. The number of carbonyl (C=O) groups is 1. The van der Waals surface area contributed by atoms with E-state index < -0.39 is 0 Å². The number of aldehydes is 1. The second kappa shape index (κ2) is 4.23. The van der Waals surface area contributed by atoms with Gasteiger partial charge in [0.05, 0.1) is 0 Å². The second-order valence-corrected chi connectivity index (χ2v) is 3.77. The SMILES string of the molecule is O=CC1=CC(c2ccccc2)CCC1. The average molecular weight is 186 g/mol. The molecule has 0 heterocycles. The molecule has 14 heavy (non-hydrogen) atoms. The van der Waals surface area contributed by atoms with E-state index in [0.717, 1.165) is 24.7 Å². The molecule has 0 radical (unpaired) electrons. The van der Waals surface area contributed by atoms with Crippen LogP contribution in [-0.2, 0) is 4.79 Å². The molecule has 0 bridgehead atoms. The van der Waals surface area contributed by atoms with Crippen LogP contribution >= 0.6 is 0 Å². The van der Waals surface area contributed by atoms with E-state index in [1.807, 2.05) is 6.07 Å². The highest BCUT2D eigenvalue weighted by molar-refractivity contribution is 5.73. The number of allylic oxidation sites excluding steroid dienone is 2. The van der Waals surface area contributed by atoms with Gasteiger partial charge in [-0.2, -0.15) is 0 Å². The zero-order valence-corrected chi connectivity index (χ0v) is 8.15.